The van der Waals surface area contributed by atoms with Crippen LogP contribution in [0.4, 0.5) is 34.1 Å². The fourth-order valence-electron chi connectivity index (χ4n) is 8.62. The standard InChI is InChI=1S/C64H42N4O6/c65-41-51(63(69)70)37-43-9-19-53(20-10-43)67(57-27-33-59(34-28-57)73-61-31-17-45-5-1-3-7-49(45)39-61)55-23-13-47(14-24-55)48-15-25-56(26-16-48)68(54-21-11-44(12-22-54)38-52(42-66)64(71)72)58-29-35-60(36-30-58)74-62-32-18-46-6-2-4-8-50(46)40-62/h1-40H,(H,69,70)(H,71,72)/b51-37+,52-38+. The van der Waals surface area contributed by atoms with Crippen LogP contribution in [0.3, 0.4) is 0 Å². The summed E-state index contributed by atoms with van der Waals surface area (Å²) in [5.41, 5.74) is 7.42. The zero-order chi connectivity index (χ0) is 51.0. The van der Waals surface area contributed by atoms with Gasteiger partial charge in [-0.1, -0.05) is 109 Å². The molecule has 10 aromatic carbocycles. The largest absolute Gasteiger partial charge is 0.477 e. The maximum atomic E-state index is 11.6. The molecular weight excluding hydrogens is 921 g/mol. The van der Waals surface area contributed by atoms with Gasteiger partial charge in [-0.25, -0.2) is 9.59 Å². The minimum Gasteiger partial charge on any atom is -0.477 e. The first kappa shape index (κ1) is 47.0. The van der Waals surface area contributed by atoms with Crippen LogP contribution in [0.15, 0.2) is 242 Å². The van der Waals surface area contributed by atoms with Crippen molar-refractivity contribution in [2.45, 2.75) is 0 Å². The number of fused-ring (bicyclic) bond motifs is 2. The Kier molecular flexibility index (Phi) is 13.4. The number of aliphatic carboxylic acids is 2. The van der Waals surface area contributed by atoms with Crippen molar-refractivity contribution in [1.82, 2.24) is 0 Å². The molecule has 2 N–H and O–H groups in total. The Morgan fingerprint density at radius 3 is 0.959 bits per heavy atom. The molecule has 0 heterocycles. The summed E-state index contributed by atoms with van der Waals surface area (Å²) in [5, 5.41) is 42.1. The Morgan fingerprint density at radius 1 is 0.365 bits per heavy atom. The summed E-state index contributed by atoms with van der Waals surface area (Å²) in [5.74, 6) is 0.201. The van der Waals surface area contributed by atoms with Crippen LogP contribution >= 0.6 is 0 Å². The van der Waals surface area contributed by atoms with Gasteiger partial charge in [-0.05, 0) is 177 Å². The van der Waals surface area contributed by atoms with E-state index in [1.165, 1.54) is 12.2 Å². The molecule has 0 radical (unpaired) electrons. The van der Waals surface area contributed by atoms with Crippen LogP contribution in [0.1, 0.15) is 11.1 Å². The summed E-state index contributed by atoms with van der Waals surface area (Å²) in [6, 6.07) is 78.4. The highest BCUT2D eigenvalue weighted by Gasteiger charge is 2.17. The second kappa shape index (κ2) is 21.1. The summed E-state index contributed by atoms with van der Waals surface area (Å²) < 4.78 is 12.6. The molecule has 10 heteroatoms. The number of carboxylic acids is 2. The van der Waals surface area contributed by atoms with Gasteiger partial charge in [0.25, 0.3) is 0 Å². The smallest absolute Gasteiger partial charge is 0.346 e. The molecular formula is C64H42N4O6. The van der Waals surface area contributed by atoms with Crippen LogP contribution in [0.25, 0.3) is 44.8 Å². The highest BCUT2D eigenvalue weighted by Crippen LogP contribution is 2.40. The number of hydrogen-bond acceptors (Lipinski definition) is 8. The first-order chi connectivity index (χ1) is 36.2. The third-order valence-electron chi connectivity index (χ3n) is 12.3. The molecule has 0 aliphatic heterocycles. The Bertz CT molecular complexity index is 3580. The van der Waals surface area contributed by atoms with Gasteiger partial charge in [-0.2, -0.15) is 10.5 Å². The van der Waals surface area contributed by atoms with Gasteiger partial charge in [0.05, 0.1) is 0 Å². The van der Waals surface area contributed by atoms with Gasteiger partial charge in [0.2, 0.25) is 0 Å². The van der Waals surface area contributed by atoms with E-state index in [2.05, 4.69) is 58.3 Å². The van der Waals surface area contributed by atoms with Gasteiger partial charge in [0.1, 0.15) is 46.3 Å². The minimum atomic E-state index is -1.29. The van der Waals surface area contributed by atoms with Crippen molar-refractivity contribution in [2.75, 3.05) is 9.80 Å². The second-order valence-electron chi connectivity index (χ2n) is 17.1. The van der Waals surface area contributed by atoms with E-state index in [9.17, 15) is 30.3 Å². The Hall–Kier alpha value is -10.7. The van der Waals surface area contributed by atoms with Crippen molar-refractivity contribution in [2.24, 2.45) is 0 Å². The molecule has 0 aliphatic carbocycles. The lowest BCUT2D eigenvalue weighted by Crippen LogP contribution is -2.10. The number of benzene rings is 10. The molecule has 0 saturated heterocycles. The van der Waals surface area contributed by atoms with Crippen LogP contribution in [0.5, 0.6) is 23.0 Å². The SMILES string of the molecule is N#C/C(=C\c1ccc(N(c2ccc(Oc3ccc4ccccc4c3)cc2)c2ccc(-c3ccc(N(c4ccc(/C=C(\C#N)C(=O)O)cc4)c4ccc(Oc5ccc6ccccc6c5)cc4)cc3)cc2)cc1)C(=O)O. The van der Waals surface area contributed by atoms with E-state index in [1.807, 2.05) is 158 Å². The first-order valence-electron chi connectivity index (χ1n) is 23.4. The quantitative estimate of drug-likeness (QED) is 0.0751. The predicted octanol–water partition coefficient (Wildman–Crippen LogP) is 16.2. The van der Waals surface area contributed by atoms with E-state index in [0.29, 0.717) is 22.6 Å². The first-order valence-corrected chi connectivity index (χ1v) is 23.4. The molecule has 0 spiro atoms. The topological polar surface area (TPSA) is 147 Å². The number of nitriles is 2. The maximum absolute atomic E-state index is 11.6. The molecule has 0 aliphatic rings. The van der Waals surface area contributed by atoms with E-state index in [1.54, 1.807) is 36.4 Å². The van der Waals surface area contributed by atoms with Crippen LogP contribution in [0.2, 0.25) is 0 Å². The number of nitrogens with zero attached hydrogens (tertiary/aromatic N) is 4. The number of anilines is 6. The molecule has 0 fully saturated rings. The van der Waals surface area contributed by atoms with Gasteiger partial charge >= 0.3 is 11.9 Å². The van der Waals surface area contributed by atoms with Gasteiger partial charge < -0.3 is 29.5 Å². The van der Waals surface area contributed by atoms with Gasteiger partial charge in [0, 0.05) is 34.1 Å². The van der Waals surface area contributed by atoms with E-state index < -0.39 is 11.9 Å². The minimum absolute atomic E-state index is 0.359. The number of rotatable bonds is 15. The average Bonchev–Trinajstić information content (AvgIpc) is 3.44. The number of carboxylic acid groups (broad SMARTS) is 2. The van der Waals surface area contributed by atoms with E-state index in [0.717, 1.165) is 78.3 Å². The lowest BCUT2D eigenvalue weighted by molar-refractivity contribution is -0.133. The molecule has 0 bridgehead atoms. The lowest BCUT2D eigenvalue weighted by Gasteiger charge is -2.26. The Balaban J connectivity index is 0.939. The van der Waals surface area contributed by atoms with Crippen LogP contribution in [-0.4, -0.2) is 22.2 Å². The molecule has 0 amide bonds. The zero-order valence-corrected chi connectivity index (χ0v) is 39.4. The summed E-state index contributed by atoms with van der Waals surface area (Å²) in [4.78, 5) is 27.3. The van der Waals surface area contributed by atoms with Crippen molar-refractivity contribution in [3.63, 3.8) is 0 Å². The Labute approximate surface area is 426 Å². The molecule has 0 atom stereocenters. The van der Waals surface area contributed by atoms with Gasteiger partial charge in [-0.3, -0.25) is 0 Å². The van der Waals surface area contributed by atoms with Crippen LogP contribution in [-0.2, 0) is 9.59 Å². The highest BCUT2D eigenvalue weighted by molar-refractivity contribution is 5.97. The zero-order valence-electron chi connectivity index (χ0n) is 39.4. The predicted molar refractivity (Wildman–Crippen MR) is 292 cm³/mol. The lowest BCUT2D eigenvalue weighted by atomic mass is 10.0. The maximum Gasteiger partial charge on any atom is 0.346 e. The molecule has 0 aromatic heterocycles. The monoisotopic (exact) mass is 962 g/mol. The third-order valence-corrected chi connectivity index (χ3v) is 12.3. The highest BCUT2D eigenvalue weighted by atomic mass is 16.5. The molecule has 0 saturated carbocycles. The second-order valence-corrected chi connectivity index (χ2v) is 17.1. The van der Waals surface area contributed by atoms with Crippen molar-refractivity contribution in [3.8, 4) is 46.3 Å². The molecule has 74 heavy (non-hydrogen) atoms. The van der Waals surface area contributed by atoms with Crippen LogP contribution in [0, 0.1) is 22.7 Å². The fourth-order valence-corrected chi connectivity index (χ4v) is 8.62. The van der Waals surface area contributed by atoms with E-state index >= 15 is 0 Å². The number of hydrogen-bond donors (Lipinski definition) is 2. The average molecular weight is 963 g/mol. The summed E-state index contributed by atoms with van der Waals surface area (Å²) in [6.45, 7) is 0. The summed E-state index contributed by atoms with van der Waals surface area (Å²) in [7, 11) is 0. The summed E-state index contributed by atoms with van der Waals surface area (Å²) in [6.07, 6.45) is 2.69. The van der Waals surface area contributed by atoms with E-state index in [4.69, 9.17) is 9.47 Å². The molecule has 0 unspecified atom stereocenters. The van der Waals surface area contributed by atoms with Crippen molar-refractivity contribution in [1.29, 1.82) is 10.5 Å². The Morgan fingerprint density at radius 2 is 0.649 bits per heavy atom. The van der Waals surface area contributed by atoms with Crippen molar-refractivity contribution in [3.05, 3.63) is 253 Å². The normalized spacial score (nSPS) is 11.3. The third kappa shape index (κ3) is 10.6. The number of carbonyl (C=O) groups is 2. The van der Waals surface area contributed by atoms with Gasteiger partial charge in [-0.15, -0.1) is 0 Å². The van der Waals surface area contributed by atoms with E-state index in [-0.39, 0.29) is 11.1 Å². The molecule has 10 aromatic rings. The van der Waals surface area contributed by atoms with Crippen molar-refractivity contribution < 1.29 is 29.3 Å². The molecule has 10 nitrogen and oxygen atoms in total. The summed E-state index contributed by atoms with van der Waals surface area (Å²) >= 11 is 0. The van der Waals surface area contributed by atoms with Gasteiger partial charge in [0.15, 0.2) is 0 Å². The van der Waals surface area contributed by atoms with Crippen molar-refractivity contribution >= 4 is 79.8 Å². The number of ether oxygens (including phenoxy) is 2. The fraction of sp³-hybridized carbons (Fsp3) is 0. The van der Waals surface area contributed by atoms with Crippen LogP contribution < -0.4 is 19.3 Å². The molecule has 354 valence electrons. The molecule has 10 rings (SSSR count).